The van der Waals surface area contributed by atoms with Crippen molar-refractivity contribution < 1.29 is 17.6 Å². The van der Waals surface area contributed by atoms with E-state index in [1.807, 2.05) is 13.8 Å². The van der Waals surface area contributed by atoms with Crippen LogP contribution in [0.15, 0.2) is 24.3 Å². The molecule has 0 spiro atoms. The van der Waals surface area contributed by atoms with Crippen LogP contribution in [0.3, 0.4) is 0 Å². The third kappa shape index (κ3) is 6.25. The van der Waals surface area contributed by atoms with Gasteiger partial charge in [0.1, 0.15) is 12.4 Å². The Morgan fingerprint density at radius 1 is 1.12 bits per heavy atom. The van der Waals surface area contributed by atoms with E-state index in [0.717, 1.165) is 14.7 Å². The summed E-state index contributed by atoms with van der Waals surface area (Å²) in [6, 6.07) is 5.49. The topological polar surface area (TPSA) is 69.7 Å². The van der Waals surface area contributed by atoms with Crippen LogP contribution in [0.4, 0.5) is 10.1 Å². The molecule has 0 heterocycles. The number of rotatable bonds is 7. The molecule has 1 rings (SSSR count). The SMILES string of the molecule is CN(C)S(=O)(=O)N(CC(=O)NC(C)(C)CC(C)(C)C)c1ccccc1F. The number of carbonyl (C=O) groups is 1. The van der Waals surface area contributed by atoms with Gasteiger partial charge in [0, 0.05) is 19.6 Å². The van der Waals surface area contributed by atoms with E-state index in [2.05, 4.69) is 26.1 Å². The van der Waals surface area contributed by atoms with Crippen molar-refractivity contribution in [3.8, 4) is 0 Å². The summed E-state index contributed by atoms with van der Waals surface area (Å²) in [5.41, 5.74) is -0.708. The fourth-order valence-electron chi connectivity index (χ4n) is 3.06. The van der Waals surface area contributed by atoms with Crippen molar-refractivity contribution in [3.05, 3.63) is 30.1 Å². The number of carbonyl (C=O) groups excluding carboxylic acids is 1. The molecule has 1 aromatic carbocycles. The van der Waals surface area contributed by atoms with Gasteiger partial charge in [0.25, 0.3) is 0 Å². The van der Waals surface area contributed by atoms with E-state index in [9.17, 15) is 17.6 Å². The molecule has 0 aliphatic heterocycles. The number of hydrogen-bond acceptors (Lipinski definition) is 3. The molecule has 1 N–H and O–H groups in total. The zero-order valence-corrected chi connectivity index (χ0v) is 17.4. The molecule has 0 aliphatic carbocycles. The molecule has 0 unspecified atom stereocenters. The van der Waals surface area contributed by atoms with Crippen molar-refractivity contribution >= 4 is 21.8 Å². The Labute approximate surface area is 156 Å². The van der Waals surface area contributed by atoms with Gasteiger partial charge in [-0.25, -0.2) is 8.70 Å². The molecule has 1 aromatic rings. The molecule has 0 fully saturated rings. The average molecular weight is 388 g/mol. The Kier molecular flexibility index (Phi) is 6.81. The van der Waals surface area contributed by atoms with Crippen molar-refractivity contribution in [2.24, 2.45) is 5.41 Å². The highest BCUT2D eigenvalue weighted by molar-refractivity contribution is 7.90. The minimum absolute atomic E-state index is 0.0162. The fraction of sp³-hybridized carbons (Fsp3) is 0.611. The molecule has 1 amide bonds. The van der Waals surface area contributed by atoms with Gasteiger partial charge in [0.2, 0.25) is 5.91 Å². The monoisotopic (exact) mass is 387 g/mol. The zero-order valence-electron chi connectivity index (χ0n) is 16.6. The summed E-state index contributed by atoms with van der Waals surface area (Å²) in [5, 5.41) is 2.86. The van der Waals surface area contributed by atoms with Crippen LogP contribution in [0.5, 0.6) is 0 Å². The van der Waals surface area contributed by atoms with Gasteiger partial charge in [-0.3, -0.25) is 4.79 Å². The van der Waals surface area contributed by atoms with Crippen LogP contribution < -0.4 is 9.62 Å². The number of benzene rings is 1. The molecule has 0 saturated heterocycles. The molecule has 0 saturated carbocycles. The van der Waals surface area contributed by atoms with E-state index in [4.69, 9.17) is 0 Å². The second kappa shape index (κ2) is 7.92. The lowest BCUT2D eigenvalue weighted by Gasteiger charge is -2.34. The van der Waals surface area contributed by atoms with E-state index in [1.54, 1.807) is 0 Å². The predicted octanol–water partition coefficient (Wildman–Crippen LogP) is 2.77. The van der Waals surface area contributed by atoms with E-state index >= 15 is 0 Å². The van der Waals surface area contributed by atoms with Gasteiger partial charge in [0.05, 0.1) is 5.69 Å². The minimum Gasteiger partial charge on any atom is -0.350 e. The molecule has 0 atom stereocenters. The third-order valence-electron chi connectivity index (χ3n) is 3.60. The molecule has 0 aliphatic rings. The van der Waals surface area contributed by atoms with Crippen LogP contribution in [0.25, 0.3) is 0 Å². The highest BCUT2D eigenvalue weighted by atomic mass is 32.2. The summed E-state index contributed by atoms with van der Waals surface area (Å²) < 4.78 is 41.2. The van der Waals surface area contributed by atoms with Crippen molar-refractivity contribution in [1.29, 1.82) is 0 Å². The lowest BCUT2D eigenvalue weighted by atomic mass is 9.82. The first kappa shape index (κ1) is 22.4. The van der Waals surface area contributed by atoms with Gasteiger partial charge in [-0.05, 0) is 37.8 Å². The van der Waals surface area contributed by atoms with E-state index in [-0.39, 0.29) is 11.1 Å². The molecule has 0 bridgehead atoms. The van der Waals surface area contributed by atoms with Crippen molar-refractivity contribution in [2.75, 3.05) is 24.9 Å². The molecule has 8 heteroatoms. The minimum atomic E-state index is -4.03. The number of nitrogens with one attached hydrogen (secondary N) is 1. The van der Waals surface area contributed by atoms with Crippen LogP contribution in [0.1, 0.15) is 41.0 Å². The predicted molar refractivity (Wildman–Crippen MR) is 103 cm³/mol. The number of halogens is 1. The molecule has 0 radical (unpaired) electrons. The summed E-state index contributed by atoms with van der Waals surface area (Å²) >= 11 is 0. The number of hydrogen-bond donors (Lipinski definition) is 1. The van der Waals surface area contributed by atoms with E-state index in [0.29, 0.717) is 6.42 Å². The third-order valence-corrected chi connectivity index (χ3v) is 5.40. The number of anilines is 1. The Balaban J connectivity index is 3.12. The first-order valence-corrected chi connectivity index (χ1v) is 9.81. The maximum atomic E-state index is 14.2. The maximum Gasteiger partial charge on any atom is 0.304 e. The smallest absolute Gasteiger partial charge is 0.304 e. The summed E-state index contributed by atoms with van der Waals surface area (Å²) in [5.74, 6) is -1.20. The van der Waals surface area contributed by atoms with Gasteiger partial charge in [-0.2, -0.15) is 12.7 Å². The quantitative estimate of drug-likeness (QED) is 0.782. The summed E-state index contributed by atoms with van der Waals surface area (Å²) in [7, 11) is -1.36. The number of nitrogens with zero attached hydrogens (tertiary/aromatic N) is 2. The molecule has 148 valence electrons. The largest absolute Gasteiger partial charge is 0.350 e. The van der Waals surface area contributed by atoms with Crippen molar-refractivity contribution in [2.45, 2.75) is 46.6 Å². The van der Waals surface area contributed by atoms with Gasteiger partial charge >= 0.3 is 10.2 Å². The Morgan fingerprint density at radius 3 is 2.12 bits per heavy atom. The molecule has 6 nitrogen and oxygen atoms in total. The second-order valence-corrected chi connectivity index (χ2v) is 10.5. The normalized spacial score (nSPS) is 13.0. The summed E-state index contributed by atoms with van der Waals surface area (Å²) in [6.07, 6.45) is 0.700. The van der Waals surface area contributed by atoms with Gasteiger partial charge in [-0.1, -0.05) is 32.9 Å². The van der Waals surface area contributed by atoms with Crippen molar-refractivity contribution in [1.82, 2.24) is 9.62 Å². The van der Waals surface area contributed by atoms with Crippen LogP contribution in [0.2, 0.25) is 0 Å². The molecule has 0 aromatic heterocycles. The van der Waals surface area contributed by atoms with Crippen molar-refractivity contribution in [3.63, 3.8) is 0 Å². The fourth-order valence-corrected chi connectivity index (χ4v) is 4.13. The molecule has 26 heavy (non-hydrogen) atoms. The van der Waals surface area contributed by atoms with Gasteiger partial charge < -0.3 is 5.32 Å². The lowest BCUT2D eigenvalue weighted by molar-refractivity contribution is -0.121. The highest BCUT2D eigenvalue weighted by Gasteiger charge is 2.32. The van der Waals surface area contributed by atoms with Gasteiger partial charge in [-0.15, -0.1) is 0 Å². The standard InChI is InChI=1S/C18H30FN3O3S/c1-17(2,3)13-18(4,5)20-16(23)12-22(26(24,25)21(6)7)15-11-9-8-10-14(15)19/h8-11H,12-13H2,1-7H3,(H,20,23). The van der Waals surface area contributed by atoms with Crippen LogP contribution in [0, 0.1) is 11.2 Å². The summed E-state index contributed by atoms with van der Waals surface area (Å²) in [6.45, 7) is 9.43. The molecular weight excluding hydrogens is 357 g/mol. The van der Waals surface area contributed by atoms with Gasteiger partial charge in [0.15, 0.2) is 0 Å². The maximum absolute atomic E-state index is 14.2. The number of amides is 1. The van der Waals surface area contributed by atoms with Crippen LogP contribution in [-0.4, -0.2) is 44.8 Å². The zero-order chi connectivity index (χ0) is 20.3. The Hall–Kier alpha value is -1.67. The van der Waals surface area contributed by atoms with Crippen LogP contribution >= 0.6 is 0 Å². The van der Waals surface area contributed by atoms with E-state index in [1.165, 1.54) is 32.3 Å². The Bertz CT molecular complexity index is 740. The number of para-hydroxylation sites is 1. The Morgan fingerprint density at radius 2 is 1.65 bits per heavy atom. The van der Waals surface area contributed by atoms with E-state index < -0.39 is 34.0 Å². The highest BCUT2D eigenvalue weighted by Crippen LogP contribution is 2.27. The van der Waals surface area contributed by atoms with Crippen LogP contribution in [-0.2, 0) is 15.0 Å². The lowest BCUT2D eigenvalue weighted by Crippen LogP contribution is -2.52. The molecular formula is C18H30FN3O3S. The first-order valence-electron chi connectivity index (χ1n) is 8.41. The second-order valence-electron chi connectivity index (χ2n) is 8.42. The first-order chi connectivity index (χ1) is 11.7. The summed E-state index contributed by atoms with van der Waals surface area (Å²) in [4.78, 5) is 12.6. The average Bonchev–Trinajstić information content (AvgIpc) is 2.42.